The highest BCUT2D eigenvalue weighted by atomic mass is 16.5. The predicted octanol–water partition coefficient (Wildman–Crippen LogP) is 1.60. The second kappa shape index (κ2) is 8.57. The molecule has 0 saturated carbocycles. The minimum Gasteiger partial charge on any atom is -0.497 e. The number of piperidine rings is 1. The molecule has 2 N–H and O–H groups in total. The third kappa shape index (κ3) is 4.58. The average molecular weight is 372 g/mol. The molecule has 27 heavy (non-hydrogen) atoms. The fourth-order valence-corrected chi connectivity index (χ4v) is 3.17. The fraction of sp³-hybridized carbons (Fsp3) is 0.421. The lowest BCUT2D eigenvalue weighted by Gasteiger charge is -2.31. The van der Waals surface area contributed by atoms with E-state index in [2.05, 4.69) is 15.3 Å². The van der Waals surface area contributed by atoms with Crippen LogP contribution in [0.15, 0.2) is 30.6 Å². The van der Waals surface area contributed by atoms with Gasteiger partial charge in [-0.05, 0) is 25.0 Å². The minimum absolute atomic E-state index is 0.00143. The van der Waals surface area contributed by atoms with Crippen molar-refractivity contribution >= 4 is 11.8 Å². The number of hydrogen-bond donors (Lipinski definition) is 2. The lowest BCUT2D eigenvalue weighted by atomic mass is 9.95. The van der Waals surface area contributed by atoms with Gasteiger partial charge in [0, 0.05) is 43.0 Å². The molecule has 1 aliphatic heterocycles. The number of benzene rings is 1. The van der Waals surface area contributed by atoms with Crippen LogP contribution < -0.4 is 14.8 Å². The van der Waals surface area contributed by atoms with Gasteiger partial charge in [0.25, 0.3) is 5.91 Å². The van der Waals surface area contributed by atoms with Crippen LogP contribution in [0.2, 0.25) is 0 Å². The average Bonchev–Trinajstić information content (AvgIpc) is 3.24. The molecule has 2 amide bonds. The van der Waals surface area contributed by atoms with Gasteiger partial charge in [-0.3, -0.25) is 9.59 Å². The summed E-state index contributed by atoms with van der Waals surface area (Å²) < 4.78 is 10.5. The number of carbonyl (C=O) groups excluding carboxylic acids is 2. The molecule has 8 nitrogen and oxygen atoms in total. The number of nitrogens with one attached hydrogen (secondary N) is 2. The smallest absolute Gasteiger partial charge is 0.254 e. The van der Waals surface area contributed by atoms with E-state index >= 15 is 0 Å². The van der Waals surface area contributed by atoms with Crippen LogP contribution >= 0.6 is 0 Å². The molecule has 1 saturated heterocycles. The molecule has 1 aliphatic rings. The van der Waals surface area contributed by atoms with Gasteiger partial charge in [0.1, 0.15) is 17.3 Å². The van der Waals surface area contributed by atoms with Gasteiger partial charge in [0.2, 0.25) is 5.91 Å². The van der Waals surface area contributed by atoms with Crippen LogP contribution in [0, 0.1) is 5.92 Å². The van der Waals surface area contributed by atoms with E-state index in [-0.39, 0.29) is 17.7 Å². The van der Waals surface area contributed by atoms with E-state index in [1.54, 1.807) is 49.7 Å². The second-order valence-electron chi connectivity index (χ2n) is 6.42. The van der Waals surface area contributed by atoms with Gasteiger partial charge in [-0.2, -0.15) is 0 Å². The molecule has 0 aliphatic carbocycles. The van der Waals surface area contributed by atoms with E-state index in [0.717, 1.165) is 5.82 Å². The number of imidazole rings is 1. The van der Waals surface area contributed by atoms with Crippen LogP contribution in [0.3, 0.4) is 0 Å². The summed E-state index contributed by atoms with van der Waals surface area (Å²) in [6.45, 7) is 1.46. The Morgan fingerprint density at radius 1 is 1.19 bits per heavy atom. The second-order valence-corrected chi connectivity index (χ2v) is 6.42. The van der Waals surface area contributed by atoms with Gasteiger partial charge in [0.15, 0.2) is 0 Å². The van der Waals surface area contributed by atoms with Crippen LogP contribution in [0.5, 0.6) is 11.5 Å². The van der Waals surface area contributed by atoms with Gasteiger partial charge < -0.3 is 24.7 Å². The van der Waals surface area contributed by atoms with E-state index in [4.69, 9.17) is 9.47 Å². The lowest BCUT2D eigenvalue weighted by molar-refractivity contribution is -0.126. The summed E-state index contributed by atoms with van der Waals surface area (Å²) in [5, 5.41) is 2.89. The molecule has 3 rings (SSSR count). The van der Waals surface area contributed by atoms with E-state index in [1.807, 2.05) is 0 Å². The molecule has 0 atom stereocenters. The van der Waals surface area contributed by atoms with Crippen molar-refractivity contribution in [2.24, 2.45) is 5.92 Å². The molecular weight excluding hydrogens is 348 g/mol. The Labute approximate surface area is 157 Å². The molecule has 0 bridgehead atoms. The minimum atomic E-state index is -0.0937. The van der Waals surface area contributed by atoms with Crippen molar-refractivity contribution in [3.05, 3.63) is 42.0 Å². The third-order valence-corrected chi connectivity index (χ3v) is 4.74. The Kier molecular flexibility index (Phi) is 5.95. The van der Waals surface area contributed by atoms with Crippen LogP contribution in [0.25, 0.3) is 0 Å². The van der Waals surface area contributed by atoms with Crippen LogP contribution in [0.1, 0.15) is 29.0 Å². The standard InChI is InChI=1S/C19H24N4O4/c1-26-15-9-14(10-16(11-15)27-2)19(25)23-7-3-13(4-8-23)18(24)22-12-17-20-5-6-21-17/h5-6,9-11,13H,3-4,7-8,12H2,1-2H3,(H,20,21)(H,22,24). The topological polar surface area (TPSA) is 96.6 Å². The number of aromatic amines is 1. The van der Waals surface area contributed by atoms with Crippen molar-refractivity contribution in [2.45, 2.75) is 19.4 Å². The van der Waals surface area contributed by atoms with E-state index in [1.165, 1.54) is 0 Å². The van der Waals surface area contributed by atoms with Gasteiger partial charge in [-0.25, -0.2) is 4.98 Å². The summed E-state index contributed by atoms with van der Waals surface area (Å²) in [6.07, 6.45) is 4.64. The third-order valence-electron chi connectivity index (χ3n) is 4.74. The number of methoxy groups -OCH3 is 2. The number of carbonyl (C=O) groups is 2. The molecule has 144 valence electrons. The van der Waals surface area contributed by atoms with Crippen LogP contribution in [-0.4, -0.2) is 54.0 Å². The fourth-order valence-electron chi connectivity index (χ4n) is 3.17. The summed E-state index contributed by atoms with van der Waals surface area (Å²) in [5.74, 6) is 1.70. The number of nitrogens with zero attached hydrogens (tertiary/aromatic N) is 2. The van der Waals surface area contributed by atoms with Crippen molar-refractivity contribution in [3.8, 4) is 11.5 Å². The molecule has 0 spiro atoms. The number of hydrogen-bond acceptors (Lipinski definition) is 5. The first kappa shape index (κ1) is 18.8. The summed E-state index contributed by atoms with van der Waals surface area (Å²) in [6, 6.07) is 5.13. The highest BCUT2D eigenvalue weighted by Gasteiger charge is 2.28. The summed E-state index contributed by atoms with van der Waals surface area (Å²) >= 11 is 0. The maximum absolute atomic E-state index is 12.8. The molecule has 1 aromatic heterocycles. The SMILES string of the molecule is COc1cc(OC)cc(C(=O)N2CCC(C(=O)NCc3ncc[nH]3)CC2)c1. The maximum atomic E-state index is 12.8. The Balaban J connectivity index is 1.55. The Morgan fingerprint density at radius 2 is 1.85 bits per heavy atom. The van der Waals surface area contributed by atoms with E-state index < -0.39 is 0 Å². The summed E-state index contributed by atoms with van der Waals surface area (Å²) in [5.41, 5.74) is 0.520. The largest absolute Gasteiger partial charge is 0.497 e. The van der Waals surface area contributed by atoms with Crippen molar-refractivity contribution < 1.29 is 19.1 Å². The first-order chi connectivity index (χ1) is 13.1. The maximum Gasteiger partial charge on any atom is 0.254 e. The van der Waals surface area contributed by atoms with Crippen molar-refractivity contribution in [1.29, 1.82) is 0 Å². The van der Waals surface area contributed by atoms with Crippen molar-refractivity contribution in [2.75, 3.05) is 27.3 Å². The number of amides is 2. The zero-order valence-electron chi connectivity index (χ0n) is 15.5. The summed E-state index contributed by atoms with van der Waals surface area (Å²) in [7, 11) is 3.10. The van der Waals surface area contributed by atoms with Crippen LogP contribution in [0.4, 0.5) is 0 Å². The van der Waals surface area contributed by atoms with Gasteiger partial charge in [0.05, 0.1) is 20.8 Å². The highest BCUT2D eigenvalue weighted by molar-refractivity contribution is 5.95. The number of aromatic nitrogens is 2. The molecule has 0 radical (unpaired) electrons. The first-order valence-corrected chi connectivity index (χ1v) is 8.89. The Hall–Kier alpha value is -3.03. The van der Waals surface area contributed by atoms with Gasteiger partial charge in [-0.1, -0.05) is 0 Å². The van der Waals surface area contributed by atoms with Gasteiger partial charge in [-0.15, -0.1) is 0 Å². The number of rotatable bonds is 6. The Bertz CT molecular complexity index is 761. The molecule has 2 heterocycles. The predicted molar refractivity (Wildman–Crippen MR) is 98.6 cm³/mol. The Morgan fingerprint density at radius 3 is 2.41 bits per heavy atom. The quantitative estimate of drug-likeness (QED) is 0.803. The number of likely N-dealkylation sites (tertiary alicyclic amines) is 1. The molecule has 1 aromatic carbocycles. The zero-order chi connectivity index (χ0) is 19.2. The molecule has 1 fully saturated rings. The highest BCUT2D eigenvalue weighted by Crippen LogP contribution is 2.25. The summed E-state index contributed by atoms with van der Waals surface area (Å²) in [4.78, 5) is 33.9. The van der Waals surface area contributed by atoms with Crippen molar-refractivity contribution in [3.63, 3.8) is 0 Å². The van der Waals surface area contributed by atoms with Gasteiger partial charge >= 0.3 is 0 Å². The lowest BCUT2D eigenvalue weighted by Crippen LogP contribution is -2.43. The molecule has 2 aromatic rings. The monoisotopic (exact) mass is 372 g/mol. The van der Waals surface area contributed by atoms with Crippen LogP contribution in [-0.2, 0) is 11.3 Å². The normalized spacial score (nSPS) is 14.7. The zero-order valence-corrected chi connectivity index (χ0v) is 15.5. The number of H-pyrrole nitrogens is 1. The van der Waals surface area contributed by atoms with E-state index in [9.17, 15) is 9.59 Å². The molecule has 8 heteroatoms. The van der Waals surface area contributed by atoms with E-state index in [0.29, 0.717) is 49.5 Å². The first-order valence-electron chi connectivity index (χ1n) is 8.89. The molecular formula is C19H24N4O4. The van der Waals surface area contributed by atoms with Crippen molar-refractivity contribution in [1.82, 2.24) is 20.2 Å². The molecule has 0 unspecified atom stereocenters. The number of ether oxygens (including phenoxy) is 2.